The molecule has 3 rings (SSSR count). The minimum Gasteiger partial charge on any atom is -0.493 e. The topological polar surface area (TPSA) is 56.8 Å². The molecule has 5 nitrogen and oxygen atoms in total. The molecule has 28 heavy (non-hydrogen) atoms. The normalized spacial score (nSPS) is 10.4. The second kappa shape index (κ2) is 9.92. The first-order valence-electron chi connectivity index (χ1n) is 8.67. The highest BCUT2D eigenvalue weighted by Gasteiger charge is 2.12. The van der Waals surface area contributed by atoms with Crippen LogP contribution in [0.4, 0.5) is 0 Å². The van der Waals surface area contributed by atoms with Crippen molar-refractivity contribution in [3.63, 3.8) is 0 Å². The summed E-state index contributed by atoms with van der Waals surface area (Å²) in [5.74, 6) is 0.689. The molecule has 0 aliphatic rings. The van der Waals surface area contributed by atoms with Crippen LogP contribution in [0.2, 0.25) is 0 Å². The van der Waals surface area contributed by atoms with Crippen molar-refractivity contribution in [3.8, 4) is 11.5 Å². The zero-order chi connectivity index (χ0) is 19.8. The molecule has 0 atom stereocenters. The average molecular weight is 442 g/mol. The molecule has 3 aromatic rings. The zero-order valence-corrected chi connectivity index (χ0v) is 16.9. The van der Waals surface area contributed by atoms with E-state index in [0.717, 1.165) is 15.6 Å². The largest absolute Gasteiger partial charge is 0.493 e. The Labute approximate surface area is 172 Å². The third-order valence-corrected chi connectivity index (χ3v) is 4.51. The van der Waals surface area contributed by atoms with Gasteiger partial charge in [0, 0.05) is 10.0 Å². The van der Waals surface area contributed by atoms with Crippen molar-refractivity contribution in [2.45, 2.75) is 13.2 Å². The number of halogens is 1. The molecular formula is C22H20BrNO4. The Morgan fingerprint density at radius 1 is 0.893 bits per heavy atom. The van der Waals surface area contributed by atoms with Crippen LogP contribution in [0.1, 0.15) is 21.5 Å². The molecule has 6 heteroatoms. The van der Waals surface area contributed by atoms with E-state index in [0.29, 0.717) is 23.7 Å². The molecule has 0 saturated carbocycles. The summed E-state index contributed by atoms with van der Waals surface area (Å²) in [5, 5.41) is 0. The number of rotatable bonds is 8. The summed E-state index contributed by atoms with van der Waals surface area (Å²) in [5.41, 5.74) is 4.86. The van der Waals surface area contributed by atoms with Crippen LogP contribution >= 0.6 is 15.9 Å². The van der Waals surface area contributed by atoms with Crippen LogP contribution in [0.15, 0.2) is 77.3 Å². The van der Waals surface area contributed by atoms with Gasteiger partial charge >= 0.3 is 0 Å². The lowest BCUT2D eigenvalue weighted by Gasteiger charge is -2.12. The van der Waals surface area contributed by atoms with Gasteiger partial charge in [-0.25, -0.2) is 5.48 Å². The molecule has 0 fully saturated rings. The number of benzene rings is 3. The highest BCUT2D eigenvalue weighted by Crippen LogP contribution is 2.29. The maximum absolute atomic E-state index is 12.3. The van der Waals surface area contributed by atoms with Crippen molar-refractivity contribution in [2.24, 2.45) is 0 Å². The van der Waals surface area contributed by atoms with Crippen molar-refractivity contribution < 1.29 is 19.1 Å². The van der Waals surface area contributed by atoms with Gasteiger partial charge in [0.15, 0.2) is 11.5 Å². The number of nitrogens with one attached hydrogen (secondary N) is 1. The van der Waals surface area contributed by atoms with Gasteiger partial charge in [0.2, 0.25) is 0 Å². The monoisotopic (exact) mass is 441 g/mol. The summed E-state index contributed by atoms with van der Waals surface area (Å²) in [4.78, 5) is 17.6. The second-order valence-electron chi connectivity index (χ2n) is 5.99. The third-order valence-electron chi connectivity index (χ3n) is 3.98. The van der Waals surface area contributed by atoms with Crippen molar-refractivity contribution in [3.05, 3.63) is 94.0 Å². The summed E-state index contributed by atoms with van der Waals surface area (Å²) >= 11 is 3.41. The van der Waals surface area contributed by atoms with Crippen molar-refractivity contribution >= 4 is 21.8 Å². The van der Waals surface area contributed by atoms with E-state index in [1.165, 1.54) is 7.11 Å². The van der Waals surface area contributed by atoms with Crippen LogP contribution in [0.3, 0.4) is 0 Å². The molecular weight excluding hydrogens is 422 g/mol. The molecule has 1 N–H and O–H groups in total. The van der Waals surface area contributed by atoms with Crippen LogP contribution in [-0.2, 0) is 18.1 Å². The van der Waals surface area contributed by atoms with Crippen molar-refractivity contribution in [1.29, 1.82) is 0 Å². The minimum absolute atomic E-state index is 0.290. The number of hydrogen-bond acceptors (Lipinski definition) is 4. The van der Waals surface area contributed by atoms with E-state index >= 15 is 0 Å². The molecule has 0 aliphatic heterocycles. The first-order chi connectivity index (χ1) is 13.7. The Bertz CT molecular complexity index is 914. The smallest absolute Gasteiger partial charge is 0.274 e. The SMILES string of the molecule is COc1cc(C(=O)NOCc2ccccc2)ccc1OCc1ccc(Br)cc1. The van der Waals surface area contributed by atoms with E-state index in [1.54, 1.807) is 18.2 Å². The number of hydroxylamine groups is 1. The van der Waals surface area contributed by atoms with Gasteiger partial charge in [0.1, 0.15) is 6.61 Å². The predicted molar refractivity (Wildman–Crippen MR) is 110 cm³/mol. The van der Waals surface area contributed by atoms with Gasteiger partial charge in [-0.3, -0.25) is 9.63 Å². The van der Waals surface area contributed by atoms with Gasteiger partial charge in [-0.2, -0.15) is 0 Å². The van der Waals surface area contributed by atoms with Crippen LogP contribution < -0.4 is 15.0 Å². The summed E-state index contributed by atoms with van der Waals surface area (Å²) in [6.45, 7) is 0.688. The van der Waals surface area contributed by atoms with Crippen molar-refractivity contribution in [2.75, 3.05) is 7.11 Å². The van der Waals surface area contributed by atoms with E-state index in [2.05, 4.69) is 21.4 Å². The number of hydrogen-bond donors (Lipinski definition) is 1. The lowest BCUT2D eigenvalue weighted by atomic mass is 10.2. The Kier molecular flexibility index (Phi) is 7.06. The molecule has 0 unspecified atom stereocenters. The molecule has 1 amide bonds. The summed E-state index contributed by atoms with van der Waals surface area (Å²) in [6, 6.07) is 22.5. The number of methoxy groups -OCH3 is 1. The van der Waals surface area contributed by atoms with E-state index in [1.807, 2.05) is 54.6 Å². The molecule has 3 aromatic carbocycles. The Balaban J connectivity index is 1.58. The lowest BCUT2D eigenvalue weighted by molar-refractivity contribution is 0.0233. The fourth-order valence-corrected chi connectivity index (χ4v) is 2.75. The van der Waals surface area contributed by atoms with Crippen LogP contribution in [0, 0.1) is 0 Å². The van der Waals surface area contributed by atoms with Gasteiger partial charge in [-0.05, 0) is 41.5 Å². The fourth-order valence-electron chi connectivity index (χ4n) is 2.49. The van der Waals surface area contributed by atoms with E-state index in [-0.39, 0.29) is 12.5 Å². The maximum atomic E-state index is 12.3. The molecule has 0 aliphatic carbocycles. The van der Waals surface area contributed by atoms with Gasteiger partial charge in [0.25, 0.3) is 5.91 Å². The minimum atomic E-state index is -0.353. The molecule has 0 radical (unpaired) electrons. The van der Waals surface area contributed by atoms with E-state index in [9.17, 15) is 4.79 Å². The third kappa shape index (κ3) is 5.58. The highest BCUT2D eigenvalue weighted by molar-refractivity contribution is 9.10. The van der Waals surface area contributed by atoms with E-state index in [4.69, 9.17) is 14.3 Å². The number of amides is 1. The van der Waals surface area contributed by atoms with Gasteiger partial charge in [0.05, 0.1) is 13.7 Å². The highest BCUT2D eigenvalue weighted by atomic mass is 79.9. The number of carbonyl (C=O) groups is 1. The Morgan fingerprint density at radius 2 is 1.61 bits per heavy atom. The van der Waals surface area contributed by atoms with E-state index < -0.39 is 0 Å². The van der Waals surface area contributed by atoms with Gasteiger partial charge in [-0.15, -0.1) is 0 Å². The first kappa shape index (κ1) is 19.9. The standard InChI is InChI=1S/C22H20BrNO4/c1-26-21-13-18(22(25)24-28-15-16-5-3-2-4-6-16)9-12-20(21)27-14-17-7-10-19(23)11-8-17/h2-13H,14-15H2,1H3,(H,24,25). The predicted octanol–water partition coefficient (Wildman–Crippen LogP) is 4.90. The maximum Gasteiger partial charge on any atom is 0.274 e. The molecule has 0 saturated heterocycles. The van der Waals surface area contributed by atoms with Crippen LogP contribution in [0.5, 0.6) is 11.5 Å². The first-order valence-corrected chi connectivity index (χ1v) is 9.46. The number of ether oxygens (including phenoxy) is 2. The Hall–Kier alpha value is -2.83. The molecule has 0 aromatic heterocycles. The summed E-state index contributed by atoms with van der Waals surface area (Å²) < 4.78 is 12.2. The van der Waals surface area contributed by atoms with Crippen LogP contribution in [0.25, 0.3) is 0 Å². The average Bonchev–Trinajstić information content (AvgIpc) is 2.74. The quantitative estimate of drug-likeness (QED) is 0.505. The molecule has 0 heterocycles. The summed E-state index contributed by atoms with van der Waals surface area (Å²) in [6.07, 6.45) is 0. The second-order valence-corrected chi connectivity index (χ2v) is 6.90. The zero-order valence-electron chi connectivity index (χ0n) is 15.4. The van der Waals surface area contributed by atoms with Gasteiger partial charge in [-0.1, -0.05) is 58.4 Å². The fraction of sp³-hybridized carbons (Fsp3) is 0.136. The van der Waals surface area contributed by atoms with Crippen LogP contribution in [-0.4, -0.2) is 13.0 Å². The molecule has 0 spiro atoms. The number of carbonyl (C=O) groups excluding carboxylic acids is 1. The Morgan fingerprint density at radius 3 is 2.32 bits per heavy atom. The van der Waals surface area contributed by atoms with Crippen molar-refractivity contribution in [1.82, 2.24) is 5.48 Å². The summed E-state index contributed by atoms with van der Waals surface area (Å²) in [7, 11) is 1.54. The molecule has 144 valence electrons. The lowest BCUT2D eigenvalue weighted by Crippen LogP contribution is -2.23. The van der Waals surface area contributed by atoms with Gasteiger partial charge < -0.3 is 9.47 Å². The molecule has 0 bridgehead atoms.